The molecule has 0 radical (unpaired) electrons. The number of carbonyl (C=O) groups excluding carboxylic acids is 2. The number of aromatic nitrogens is 2. The lowest BCUT2D eigenvalue weighted by atomic mass is 10.0. The van der Waals surface area contributed by atoms with Crippen LogP contribution in [0.1, 0.15) is 30.1 Å². The normalized spacial score (nSPS) is 17.6. The summed E-state index contributed by atoms with van der Waals surface area (Å²) in [6.07, 6.45) is 3.77. The summed E-state index contributed by atoms with van der Waals surface area (Å²) in [5.41, 5.74) is 3.59. The number of aliphatic hydroxyl groups excluding tert-OH is 1. The predicted molar refractivity (Wildman–Crippen MR) is 122 cm³/mol. The van der Waals surface area contributed by atoms with Gasteiger partial charge in [-0.25, -0.2) is 0 Å². The van der Waals surface area contributed by atoms with Gasteiger partial charge in [0.2, 0.25) is 5.91 Å². The summed E-state index contributed by atoms with van der Waals surface area (Å²) in [6.45, 7) is 4.95. The molecule has 1 aliphatic heterocycles. The Kier molecular flexibility index (Phi) is 5.21. The van der Waals surface area contributed by atoms with Crippen LogP contribution in [0, 0.1) is 5.41 Å². The third kappa shape index (κ3) is 3.77. The van der Waals surface area contributed by atoms with E-state index in [4.69, 9.17) is 5.11 Å². The van der Waals surface area contributed by atoms with Gasteiger partial charge in [-0.1, -0.05) is 25.1 Å². The highest BCUT2D eigenvalue weighted by molar-refractivity contribution is 5.95. The Bertz CT molecular complexity index is 1160. The fourth-order valence-corrected chi connectivity index (χ4v) is 4.42. The molecule has 0 unspecified atom stereocenters. The van der Waals surface area contributed by atoms with E-state index < -0.39 is 0 Å². The van der Waals surface area contributed by atoms with Crippen LogP contribution in [0.3, 0.4) is 0 Å². The van der Waals surface area contributed by atoms with Crippen LogP contribution in [0.5, 0.6) is 0 Å². The first-order valence-electron chi connectivity index (χ1n) is 11.2. The highest BCUT2D eigenvalue weighted by atomic mass is 16.3. The van der Waals surface area contributed by atoms with Gasteiger partial charge < -0.3 is 14.9 Å². The molecule has 0 atom stereocenters. The fraction of sp³-hybridized carbons (Fsp3) is 0.400. The monoisotopic (exact) mass is 432 g/mol. The van der Waals surface area contributed by atoms with Crippen molar-refractivity contribution in [3.8, 4) is 11.1 Å². The molecule has 7 heteroatoms. The Morgan fingerprint density at radius 1 is 0.969 bits per heavy atom. The van der Waals surface area contributed by atoms with Gasteiger partial charge in [-0.2, -0.15) is 5.10 Å². The summed E-state index contributed by atoms with van der Waals surface area (Å²) >= 11 is 0. The lowest BCUT2D eigenvalue weighted by molar-refractivity contribution is -0.137. The second-order valence-corrected chi connectivity index (χ2v) is 9.09. The molecule has 2 aliphatic rings. The molecule has 2 aromatic carbocycles. The van der Waals surface area contributed by atoms with Crippen molar-refractivity contribution < 1.29 is 14.7 Å². The summed E-state index contributed by atoms with van der Waals surface area (Å²) in [5.74, 6) is 0.259. The van der Waals surface area contributed by atoms with Crippen LogP contribution in [-0.2, 0) is 11.3 Å². The van der Waals surface area contributed by atoms with E-state index in [1.165, 1.54) is 0 Å². The van der Waals surface area contributed by atoms with Crippen molar-refractivity contribution in [1.82, 2.24) is 19.6 Å². The van der Waals surface area contributed by atoms with E-state index in [0.717, 1.165) is 34.9 Å². The summed E-state index contributed by atoms with van der Waals surface area (Å²) < 4.78 is 1.79. The van der Waals surface area contributed by atoms with Gasteiger partial charge in [0.25, 0.3) is 5.91 Å². The molecule has 32 heavy (non-hydrogen) atoms. The molecule has 5 rings (SSSR count). The third-order valence-corrected chi connectivity index (χ3v) is 6.79. The van der Waals surface area contributed by atoms with E-state index in [-0.39, 0.29) is 23.8 Å². The quantitative estimate of drug-likeness (QED) is 0.673. The van der Waals surface area contributed by atoms with Crippen molar-refractivity contribution in [2.45, 2.75) is 26.3 Å². The Morgan fingerprint density at radius 2 is 1.62 bits per heavy atom. The third-order valence-electron chi connectivity index (χ3n) is 6.79. The van der Waals surface area contributed by atoms with Gasteiger partial charge in [0.1, 0.15) is 0 Å². The van der Waals surface area contributed by atoms with Crippen molar-refractivity contribution in [2.24, 2.45) is 5.41 Å². The first-order valence-corrected chi connectivity index (χ1v) is 11.2. The van der Waals surface area contributed by atoms with Crippen molar-refractivity contribution in [2.75, 3.05) is 32.8 Å². The lowest BCUT2D eigenvalue weighted by Gasteiger charge is -2.36. The molecule has 0 bridgehead atoms. The minimum absolute atomic E-state index is 0.0158. The van der Waals surface area contributed by atoms with Crippen LogP contribution in [0.25, 0.3) is 22.0 Å². The molecule has 2 fully saturated rings. The average molecular weight is 433 g/mol. The minimum atomic E-state index is -0.150. The van der Waals surface area contributed by atoms with Crippen molar-refractivity contribution in [3.05, 3.63) is 54.2 Å². The second-order valence-electron chi connectivity index (χ2n) is 9.09. The largest absolute Gasteiger partial charge is 0.394 e. The van der Waals surface area contributed by atoms with E-state index in [1.807, 2.05) is 53.1 Å². The van der Waals surface area contributed by atoms with E-state index >= 15 is 0 Å². The molecule has 3 aromatic rings. The molecule has 1 aliphatic carbocycles. The van der Waals surface area contributed by atoms with E-state index in [0.29, 0.717) is 38.3 Å². The number of nitrogens with zero attached hydrogens (tertiary/aromatic N) is 4. The lowest BCUT2D eigenvalue weighted by Crippen LogP contribution is -2.52. The molecule has 1 saturated heterocycles. The number of carbonyl (C=O) groups is 2. The zero-order valence-corrected chi connectivity index (χ0v) is 18.3. The molecular weight excluding hydrogens is 404 g/mol. The number of hydrogen-bond donors (Lipinski definition) is 1. The minimum Gasteiger partial charge on any atom is -0.394 e. The van der Waals surface area contributed by atoms with Crippen LogP contribution in [0.2, 0.25) is 0 Å². The van der Waals surface area contributed by atoms with Gasteiger partial charge in [-0.05, 0) is 48.2 Å². The smallest absolute Gasteiger partial charge is 0.253 e. The van der Waals surface area contributed by atoms with Gasteiger partial charge in [-0.3, -0.25) is 14.3 Å². The van der Waals surface area contributed by atoms with Gasteiger partial charge >= 0.3 is 0 Å². The topological polar surface area (TPSA) is 78.7 Å². The van der Waals surface area contributed by atoms with E-state index in [2.05, 4.69) is 11.2 Å². The maximum Gasteiger partial charge on any atom is 0.253 e. The molecule has 2 heterocycles. The molecular formula is C25H28N4O3. The first kappa shape index (κ1) is 20.7. The summed E-state index contributed by atoms with van der Waals surface area (Å²) in [4.78, 5) is 29.2. The summed E-state index contributed by atoms with van der Waals surface area (Å²) in [6, 6.07) is 13.8. The Hall–Kier alpha value is -3.19. The van der Waals surface area contributed by atoms with Gasteiger partial charge in [0.05, 0.1) is 24.9 Å². The average Bonchev–Trinajstić information content (AvgIpc) is 3.47. The SMILES string of the molecule is CC1(C(=O)N2CCN(C(=O)c3ccc(-c4ccc5c(cnn5CCO)c4)cc3)CC2)CC1. The molecule has 1 N–H and O–H groups in total. The number of hydrogen-bond acceptors (Lipinski definition) is 4. The van der Waals surface area contributed by atoms with Crippen LogP contribution >= 0.6 is 0 Å². The molecule has 1 aromatic heterocycles. The summed E-state index contributed by atoms with van der Waals surface area (Å²) in [5, 5.41) is 14.5. The number of rotatable bonds is 5. The van der Waals surface area contributed by atoms with Gasteiger partial charge in [0, 0.05) is 42.5 Å². The van der Waals surface area contributed by atoms with Gasteiger partial charge in [-0.15, -0.1) is 0 Å². The Balaban J connectivity index is 1.25. The molecule has 2 amide bonds. The highest BCUT2D eigenvalue weighted by Crippen LogP contribution is 2.46. The van der Waals surface area contributed by atoms with Crippen molar-refractivity contribution >= 4 is 22.7 Å². The zero-order chi connectivity index (χ0) is 22.3. The summed E-state index contributed by atoms with van der Waals surface area (Å²) in [7, 11) is 0. The molecule has 7 nitrogen and oxygen atoms in total. The molecule has 0 spiro atoms. The Morgan fingerprint density at radius 3 is 2.28 bits per heavy atom. The molecule has 1 saturated carbocycles. The second kappa shape index (κ2) is 8.06. The standard InChI is InChI=1S/C25H28N4O3/c1-25(8-9-25)24(32)28-12-10-27(11-13-28)23(31)19-4-2-18(3-5-19)20-6-7-22-21(16-20)17-26-29(22)14-15-30/h2-7,16-17,30H,8-15H2,1H3. The van der Waals surface area contributed by atoms with Crippen LogP contribution in [0.4, 0.5) is 0 Å². The maximum atomic E-state index is 13.0. The fourth-order valence-electron chi connectivity index (χ4n) is 4.42. The zero-order valence-electron chi connectivity index (χ0n) is 18.3. The molecule has 166 valence electrons. The van der Waals surface area contributed by atoms with Crippen LogP contribution < -0.4 is 0 Å². The van der Waals surface area contributed by atoms with Crippen molar-refractivity contribution in [1.29, 1.82) is 0 Å². The predicted octanol–water partition coefficient (Wildman–Crippen LogP) is 2.78. The number of aliphatic hydroxyl groups is 1. The number of piperazine rings is 1. The number of benzene rings is 2. The van der Waals surface area contributed by atoms with Crippen molar-refractivity contribution in [3.63, 3.8) is 0 Å². The van der Waals surface area contributed by atoms with Gasteiger partial charge in [0.15, 0.2) is 0 Å². The first-order chi connectivity index (χ1) is 15.5. The number of fused-ring (bicyclic) bond motifs is 1. The Labute approximate surface area is 187 Å². The van der Waals surface area contributed by atoms with Crippen LogP contribution in [-0.4, -0.2) is 69.3 Å². The van der Waals surface area contributed by atoms with Crippen LogP contribution in [0.15, 0.2) is 48.7 Å². The maximum absolute atomic E-state index is 13.0. The highest BCUT2D eigenvalue weighted by Gasteiger charge is 2.47. The van der Waals surface area contributed by atoms with E-state index in [1.54, 1.807) is 10.9 Å². The van der Waals surface area contributed by atoms with E-state index in [9.17, 15) is 9.59 Å². The number of amides is 2.